The lowest BCUT2D eigenvalue weighted by atomic mass is 9.73. The first-order valence-electron chi connectivity index (χ1n) is 22.0. The summed E-state index contributed by atoms with van der Waals surface area (Å²) in [5, 5.41) is 0. The fourth-order valence-electron chi connectivity index (χ4n) is 7.70. The summed E-state index contributed by atoms with van der Waals surface area (Å²) >= 11 is 0. The van der Waals surface area contributed by atoms with Gasteiger partial charge in [0, 0.05) is 11.8 Å². The van der Waals surface area contributed by atoms with E-state index in [0.29, 0.717) is 68.2 Å². The van der Waals surface area contributed by atoms with Crippen molar-refractivity contribution in [1.82, 2.24) is 0 Å². The summed E-state index contributed by atoms with van der Waals surface area (Å²) in [6, 6.07) is 55.5. The molecule has 8 rings (SSSR count). The van der Waals surface area contributed by atoms with E-state index in [1.807, 2.05) is 48.5 Å². The Labute approximate surface area is 404 Å². The molecule has 8 aromatic rings. The van der Waals surface area contributed by atoms with Crippen LogP contribution in [0.15, 0.2) is 194 Å². The molecule has 12 nitrogen and oxygen atoms in total. The standard InChI is InChI=1S/C58H46O12/c1-63-45-21-13-41(14-22-45)55(59)67-49-29-5-37(6-30-49)53(38-7-31-50(32-8-38)68-56(60)42-15-23-46(64-2)24-16-42)54(39-9-33-51(34-10-39)69-57(61)43-17-25-47(65-3)26-18-43)40-11-35-52(36-12-40)70-58(62)44-19-27-48(66-4)28-20-44/h5-36,53-54H,1-4H3. The third-order valence-electron chi connectivity index (χ3n) is 11.4. The van der Waals surface area contributed by atoms with Gasteiger partial charge in [0.2, 0.25) is 0 Å². The Hall–Kier alpha value is -9.16. The van der Waals surface area contributed by atoms with E-state index in [9.17, 15) is 19.2 Å². The summed E-state index contributed by atoms with van der Waals surface area (Å²) in [5.41, 5.74) is 4.76. The maximum absolute atomic E-state index is 13.2. The lowest BCUT2D eigenvalue weighted by molar-refractivity contribution is 0.0725. The second-order valence-electron chi connectivity index (χ2n) is 15.7. The van der Waals surface area contributed by atoms with Crippen LogP contribution < -0.4 is 37.9 Å². The fourth-order valence-corrected chi connectivity index (χ4v) is 7.70. The van der Waals surface area contributed by atoms with Crippen LogP contribution in [-0.2, 0) is 0 Å². The van der Waals surface area contributed by atoms with Crippen LogP contribution in [0.1, 0.15) is 75.5 Å². The number of esters is 4. The van der Waals surface area contributed by atoms with E-state index >= 15 is 0 Å². The molecule has 0 fully saturated rings. The molecule has 0 N–H and O–H groups in total. The molecule has 0 heterocycles. The molecular formula is C58H46O12. The highest BCUT2D eigenvalue weighted by molar-refractivity contribution is 5.93. The van der Waals surface area contributed by atoms with Crippen molar-refractivity contribution in [2.45, 2.75) is 11.8 Å². The normalized spacial score (nSPS) is 10.8. The van der Waals surface area contributed by atoms with Crippen molar-refractivity contribution in [1.29, 1.82) is 0 Å². The first kappa shape index (κ1) is 47.3. The predicted octanol–water partition coefficient (Wildman–Crippen LogP) is 11.6. The Morgan fingerprint density at radius 1 is 0.243 bits per heavy atom. The van der Waals surface area contributed by atoms with Crippen molar-refractivity contribution in [3.8, 4) is 46.0 Å². The van der Waals surface area contributed by atoms with Crippen molar-refractivity contribution < 1.29 is 57.1 Å². The second-order valence-corrected chi connectivity index (χ2v) is 15.7. The Morgan fingerprint density at radius 2 is 0.400 bits per heavy atom. The lowest BCUT2D eigenvalue weighted by Crippen LogP contribution is -2.16. The van der Waals surface area contributed by atoms with Crippen molar-refractivity contribution in [3.05, 3.63) is 239 Å². The smallest absolute Gasteiger partial charge is 0.343 e. The first-order valence-corrected chi connectivity index (χ1v) is 22.0. The van der Waals surface area contributed by atoms with E-state index < -0.39 is 35.7 Å². The Kier molecular flexibility index (Phi) is 14.9. The third-order valence-corrected chi connectivity index (χ3v) is 11.4. The molecule has 70 heavy (non-hydrogen) atoms. The molecule has 0 aliphatic heterocycles. The van der Waals surface area contributed by atoms with Gasteiger partial charge in [-0.25, -0.2) is 19.2 Å². The zero-order chi connectivity index (χ0) is 49.0. The maximum Gasteiger partial charge on any atom is 0.343 e. The summed E-state index contributed by atoms with van der Waals surface area (Å²) in [6.07, 6.45) is 0. The lowest BCUT2D eigenvalue weighted by Gasteiger charge is -2.30. The highest BCUT2D eigenvalue weighted by Crippen LogP contribution is 2.44. The van der Waals surface area contributed by atoms with E-state index in [4.69, 9.17) is 37.9 Å². The molecule has 0 aliphatic rings. The Morgan fingerprint density at radius 3 is 0.557 bits per heavy atom. The molecule has 0 atom stereocenters. The van der Waals surface area contributed by atoms with E-state index in [1.54, 1.807) is 174 Å². The number of benzene rings is 8. The zero-order valence-corrected chi connectivity index (χ0v) is 38.5. The molecule has 0 aromatic heterocycles. The summed E-state index contributed by atoms with van der Waals surface area (Å²) in [5.74, 6) is 0.701. The van der Waals surface area contributed by atoms with Gasteiger partial charge < -0.3 is 37.9 Å². The molecule has 0 spiro atoms. The second kappa shape index (κ2) is 22.1. The number of hydrogen-bond acceptors (Lipinski definition) is 12. The SMILES string of the molecule is COc1ccc(C(=O)Oc2ccc(C(c3ccc(OC(=O)c4ccc(OC)cc4)cc3)C(c3ccc(OC(=O)c4ccc(OC)cc4)cc3)c3ccc(OC(=O)c4ccc(OC)cc4)cc3)cc2)cc1. The van der Waals surface area contributed by atoms with Crippen molar-refractivity contribution in [3.63, 3.8) is 0 Å². The van der Waals surface area contributed by atoms with Gasteiger partial charge in [-0.05, 0) is 168 Å². The van der Waals surface area contributed by atoms with Gasteiger partial charge in [-0.15, -0.1) is 0 Å². The number of ether oxygens (including phenoxy) is 8. The van der Waals surface area contributed by atoms with Gasteiger partial charge in [0.25, 0.3) is 0 Å². The predicted molar refractivity (Wildman–Crippen MR) is 261 cm³/mol. The first-order chi connectivity index (χ1) is 34.1. The summed E-state index contributed by atoms with van der Waals surface area (Å²) in [4.78, 5) is 52.7. The van der Waals surface area contributed by atoms with E-state index in [1.165, 1.54) is 0 Å². The largest absolute Gasteiger partial charge is 0.497 e. The highest BCUT2D eigenvalue weighted by Gasteiger charge is 2.29. The van der Waals surface area contributed by atoms with E-state index in [-0.39, 0.29) is 0 Å². The Balaban J connectivity index is 1.15. The minimum absolute atomic E-state index is 0.326. The van der Waals surface area contributed by atoms with Crippen LogP contribution >= 0.6 is 0 Å². The van der Waals surface area contributed by atoms with Crippen LogP contribution in [-0.4, -0.2) is 52.3 Å². The summed E-state index contributed by atoms with van der Waals surface area (Å²) < 4.78 is 44.1. The Bertz CT molecular complexity index is 2620. The van der Waals surface area contributed by atoms with Gasteiger partial charge in [0.05, 0.1) is 50.7 Å². The van der Waals surface area contributed by atoms with Gasteiger partial charge in [0.1, 0.15) is 46.0 Å². The molecule has 8 aromatic carbocycles. The minimum atomic E-state index is -0.537. The highest BCUT2D eigenvalue weighted by atomic mass is 16.5. The number of rotatable bonds is 17. The molecular weight excluding hydrogens is 889 g/mol. The summed E-state index contributed by atoms with van der Waals surface area (Å²) in [6.45, 7) is 0. The molecule has 12 heteroatoms. The zero-order valence-electron chi connectivity index (χ0n) is 38.5. The molecule has 0 aliphatic carbocycles. The molecule has 0 saturated carbocycles. The quantitative estimate of drug-likeness (QED) is 0.0633. The van der Waals surface area contributed by atoms with Gasteiger partial charge in [-0.2, -0.15) is 0 Å². The minimum Gasteiger partial charge on any atom is -0.497 e. The van der Waals surface area contributed by atoms with Gasteiger partial charge in [-0.3, -0.25) is 0 Å². The van der Waals surface area contributed by atoms with E-state index in [2.05, 4.69) is 0 Å². The van der Waals surface area contributed by atoms with Crippen molar-refractivity contribution in [2.24, 2.45) is 0 Å². The maximum atomic E-state index is 13.2. The number of carbonyl (C=O) groups is 4. The van der Waals surface area contributed by atoms with E-state index in [0.717, 1.165) is 22.3 Å². The molecule has 350 valence electrons. The number of hydrogen-bond donors (Lipinski definition) is 0. The average Bonchev–Trinajstić information content (AvgIpc) is 3.41. The van der Waals surface area contributed by atoms with Gasteiger partial charge in [0.15, 0.2) is 0 Å². The number of methoxy groups -OCH3 is 4. The van der Waals surface area contributed by atoms with Crippen LogP contribution in [0.4, 0.5) is 0 Å². The monoisotopic (exact) mass is 934 g/mol. The van der Waals surface area contributed by atoms with Crippen LogP contribution in [0.2, 0.25) is 0 Å². The van der Waals surface area contributed by atoms with Crippen LogP contribution in [0.3, 0.4) is 0 Å². The molecule has 0 bridgehead atoms. The fraction of sp³-hybridized carbons (Fsp3) is 0.103. The third kappa shape index (κ3) is 11.5. The molecule has 0 saturated heterocycles. The van der Waals surface area contributed by atoms with Gasteiger partial charge in [-0.1, -0.05) is 48.5 Å². The van der Waals surface area contributed by atoms with Gasteiger partial charge >= 0.3 is 23.9 Å². The number of carbonyl (C=O) groups excluding carboxylic acids is 4. The van der Waals surface area contributed by atoms with Crippen molar-refractivity contribution >= 4 is 23.9 Å². The van der Waals surface area contributed by atoms with Crippen LogP contribution in [0, 0.1) is 0 Å². The average molecular weight is 935 g/mol. The van der Waals surface area contributed by atoms with Crippen LogP contribution in [0.25, 0.3) is 0 Å². The summed E-state index contributed by atoms with van der Waals surface area (Å²) in [7, 11) is 6.20. The van der Waals surface area contributed by atoms with Crippen LogP contribution in [0.5, 0.6) is 46.0 Å². The molecule has 0 unspecified atom stereocenters. The molecule has 0 radical (unpaired) electrons. The topological polar surface area (TPSA) is 142 Å². The molecule has 0 amide bonds. The van der Waals surface area contributed by atoms with Crippen molar-refractivity contribution in [2.75, 3.05) is 28.4 Å².